The van der Waals surface area contributed by atoms with Gasteiger partial charge in [0.25, 0.3) is 5.91 Å². The van der Waals surface area contributed by atoms with Crippen LogP contribution in [0.4, 0.5) is 11.5 Å². The second-order valence-electron chi connectivity index (χ2n) is 7.21. The molecule has 0 spiro atoms. The Labute approximate surface area is 162 Å². The minimum Gasteiger partial charge on any atom is -0.368 e. The Balaban J connectivity index is 1.58. The van der Waals surface area contributed by atoms with Gasteiger partial charge in [0.1, 0.15) is 5.82 Å². The lowest BCUT2D eigenvalue weighted by Crippen LogP contribution is -2.47. The number of piperazine rings is 1. The number of amides is 1. The van der Waals surface area contributed by atoms with Crippen molar-refractivity contribution in [2.75, 3.05) is 42.5 Å². The summed E-state index contributed by atoms with van der Waals surface area (Å²) in [6.45, 7) is 11.0. The number of pyridine rings is 1. The molecule has 0 bridgehead atoms. The molecule has 1 aliphatic heterocycles. The molecule has 3 rings (SSSR count). The normalized spacial score (nSPS) is 14.3. The fourth-order valence-corrected chi connectivity index (χ4v) is 3.44. The maximum Gasteiger partial charge on any atom is 0.252 e. The summed E-state index contributed by atoms with van der Waals surface area (Å²) in [5, 5.41) is 2.93. The van der Waals surface area contributed by atoms with Crippen LogP contribution in [-0.4, -0.2) is 43.6 Å². The van der Waals surface area contributed by atoms with Crippen molar-refractivity contribution in [1.82, 2.24) is 10.3 Å². The largest absolute Gasteiger partial charge is 0.368 e. The van der Waals surface area contributed by atoms with E-state index in [0.717, 1.165) is 51.4 Å². The molecule has 1 N–H and O–H groups in total. The van der Waals surface area contributed by atoms with Crippen LogP contribution < -0.4 is 15.1 Å². The van der Waals surface area contributed by atoms with E-state index in [0.29, 0.717) is 5.56 Å². The van der Waals surface area contributed by atoms with Gasteiger partial charge in [0.15, 0.2) is 0 Å². The molecule has 1 aliphatic rings. The van der Waals surface area contributed by atoms with E-state index in [2.05, 4.69) is 59.1 Å². The lowest BCUT2D eigenvalue weighted by molar-refractivity contribution is 0.0953. The Morgan fingerprint density at radius 3 is 2.48 bits per heavy atom. The molecule has 2 heterocycles. The molecule has 0 radical (unpaired) electrons. The van der Waals surface area contributed by atoms with Gasteiger partial charge in [-0.2, -0.15) is 0 Å². The molecule has 0 aliphatic carbocycles. The third-order valence-corrected chi connectivity index (χ3v) is 5.35. The van der Waals surface area contributed by atoms with Crippen molar-refractivity contribution >= 4 is 17.4 Å². The summed E-state index contributed by atoms with van der Waals surface area (Å²) in [5.74, 6) is 0.906. The average molecular weight is 367 g/mol. The van der Waals surface area contributed by atoms with Gasteiger partial charge in [0.2, 0.25) is 0 Å². The van der Waals surface area contributed by atoms with Crippen LogP contribution in [0.1, 0.15) is 41.3 Å². The van der Waals surface area contributed by atoms with E-state index in [1.807, 2.05) is 12.1 Å². The standard InChI is InChI=1S/C22H30N4O/c1-4-5-11-23-22(27)19-9-10-21(24-16-19)26-14-12-25(13-15-26)20-8-6-7-17(2)18(20)3/h6-10,16H,4-5,11-15H2,1-3H3,(H,23,27). The molecule has 2 aromatic rings. The number of nitrogens with one attached hydrogen (secondary N) is 1. The second-order valence-corrected chi connectivity index (χ2v) is 7.21. The fraction of sp³-hybridized carbons (Fsp3) is 0.455. The van der Waals surface area contributed by atoms with Crippen LogP contribution in [0.2, 0.25) is 0 Å². The molecule has 5 nitrogen and oxygen atoms in total. The number of carbonyl (C=O) groups excluding carboxylic acids is 1. The molecular formula is C22H30N4O. The van der Waals surface area contributed by atoms with E-state index in [4.69, 9.17) is 0 Å². The Morgan fingerprint density at radius 2 is 1.81 bits per heavy atom. The number of rotatable bonds is 6. The lowest BCUT2D eigenvalue weighted by atomic mass is 10.1. The SMILES string of the molecule is CCCCNC(=O)c1ccc(N2CCN(c3cccc(C)c3C)CC2)nc1. The van der Waals surface area contributed by atoms with Crippen molar-refractivity contribution in [3.8, 4) is 0 Å². The third kappa shape index (κ3) is 4.59. The first-order chi connectivity index (χ1) is 13.1. The second kappa shape index (κ2) is 8.89. The van der Waals surface area contributed by atoms with Gasteiger partial charge in [-0.05, 0) is 49.6 Å². The number of hydrogen-bond donors (Lipinski definition) is 1. The van der Waals surface area contributed by atoms with E-state index in [9.17, 15) is 4.79 Å². The highest BCUT2D eigenvalue weighted by atomic mass is 16.1. The van der Waals surface area contributed by atoms with Crippen molar-refractivity contribution in [2.24, 2.45) is 0 Å². The molecule has 0 saturated carbocycles. The molecule has 0 unspecified atom stereocenters. The number of carbonyl (C=O) groups is 1. The summed E-state index contributed by atoms with van der Waals surface area (Å²) in [5.41, 5.74) is 4.66. The summed E-state index contributed by atoms with van der Waals surface area (Å²) >= 11 is 0. The topological polar surface area (TPSA) is 48.5 Å². The van der Waals surface area contributed by atoms with E-state index >= 15 is 0 Å². The van der Waals surface area contributed by atoms with E-state index in [1.54, 1.807) is 6.20 Å². The van der Waals surface area contributed by atoms with Gasteiger partial charge < -0.3 is 15.1 Å². The zero-order chi connectivity index (χ0) is 19.2. The van der Waals surface area contributed by atoms with E-state index < -0.39 is 0 Å². The Bertz CT molecular complexity index is 764. The fourth-order valence-electron chi connectivity index (χ4n) is 3.44. The van der Waals surface area contributed by atoms with Crippen LogP contribution in [0.25, 0.3) is 0 Å². The van der Waals surface area contributed by atoms with Crippen molar-refractivity contribution in [3.05, 3.63) is 53.2 Å². The minimum atomic E-state index is -0.0396. The molecule has 1 amide bonds. The molecule has 27 heavy (non-hydrogen) atoms. The number of aryl methyl sites for hydroxylation is 1. The zero-order valence-electron chi connectivity index (χ0n) is 16.7. The van der Waals surface area contributed by atoms with E-state index in [-0.39, 0.29) is 5.91 Å². The number of anilines is 2. The Hall–Kier alpha value is -2.56. The predicted octanol–water partition coefficient (Wildman–Crippen LogP) is 3.55. The Morgan fingerprint density at radius 1 is 1.07 bits per heavy atom. The molecule has 1 aromatic carbocycles. The molecule has 1 saturated heterocycles. The van der Waals surface area contributed by atoms with Crippen LogP contribution in [0, 0.1) is 13.8 Å². The molecule has 0 atom stereocenters. The van der Waals surface area contributed by atoms with Crippen molar-refractivity contribution in [3.63, 3.8) is 0 Å². The zero-order valence-corrected chi connectivity index (χ0v) is 16.7. The van der Waals surface area contributed by atoms with Crippen molar-refractivity contribution < 1.29 is 4.79 Å². The van der Waals surface area contributed by atoms with Gasteiger partial charge in [-0.15, -0.1) is 0 Å². The van der Waals surface area contributed by atoms with Gasteiger partial charge in [-0.1, -0.05) is 25.5 Å². The number of nitrogens with zero attached hydrogens (tertiary/aromatic N) is 3. The number of benzene rings is 1. The van der Waals surface area contributed by atoms with Crippen LogP contribution in [0.15, 0.2) is 36.5 Å². The first-order valence-corrected chi connectivity index (χ1v) is 9.90. The highest BCUT2D eigenvalue weighted by Crippen LogP contribution is 2.25. The number of hydrogen-bond acceptors (Lipinski definition) is 4. The summed E-state index contributed by atoms with van der Waals surface area (Å²) in [6, 6.07) is 10.3. The molecule has 5 heteroatoms. The predicted molar refractivity (Wildman–Crippen MR) is 112 cm³/mol. The highest BCUT2D eigenvalue weighted by molar-refractivity contribution is 5.94. The number of unbranched alkanes of at least 4 members (excludes halogenated alkanes) is 1. The summed E-state index contributed by atoms with van der Waals surface area (Å²) in [7, 11) is 0. The molecule has 144 valence electrons. The maximum atomic E-state index is 12.1. The third-order valence-electron chi connectivity index (χ3n) is 5.35. The quantitative estimate of drug-likeness (QED) is 0.794. The lowest BCUT2D eigenvalue weighted by Gasteiger charge is -2.37. The highest BCUT2D eigenvalue weighted by Gasteiger charge is 2.20. The summed E-state index contributed by atoms with van der Waals surface area (Å²) in [6.07, 6.45) is 3.77. The molecular weight excluding hydrogens is 336 g/mol. The van der Waals surface area contributed by atoms with Gasteiger partial charge in [0, 0.05) is 44.6 Å². The van der Waals surface area contributed by atoms with Crippen molar-refractivity contribution in [1.29, 1.82) is 0 Å². The van der Waals surface area contributed by atoms with Crippen LogP contribution >= 0.6 is 0 Å². The summed E-state index contributed by atoms with van der Waals surface area (Å²) in [4.78, 5) is 21.4. The number of aromatic nitrogens is 1. The van der Waals surface area contributed by atoms with Crippen LogP contribution in [0.5, 0.6) is 0 Å². The van der Waals surface area contributed by atoms with Crippen molar-refractivity contribution in [2.45, 2.75) is 33.6 Å². The van der Waals surface area contributed by atoms with Crippen LogP contribution in [0.3, 0.4) is 0 Å². The van der Waals surface area contributed by atoms with E-state index in [1.165, 1.54) is 16.8 Å². The minimum absolute atomic E-state index is 0.0396. The smallest absolute Gasteiger partial charge is 0.252 e. The van der Waals surface area contributed by atoms with Gasteiger partial charge in [-0.25, -0.2) is 4.98 Å². The maximum absolute atomic E-state index is 12.1. The van der Waals surface area contributed by atoms with Gasteiger partial charge in [-0.3, -0.25) is 4.79 Å². The monoisotopic (exact) mass is 366 g/mol. The average Bonchev–Trinajstić information content (AvgIpc) is 2.70. The Kier molecular flexibility index (Phi) is 6.32. The van der Waals surface area contributed by atoms with Gasteiger partial charge in [0.05, 0.1) is 5.56 Å². The van der Waals surface area contributed by atoms with Crippen LogP contribution in [-0.2, 0) is 0 Å². The molecule has 1 aromatic heterocycles. The first kappa shape index (κ1) is 19.2. The van der Waals surface area contributed by atoms with Gasteiger partial charge >= 0.3 is 0 Å². The summed E-state index contributed by atoms with van der Waals surface area (Å²) < 4.78 is 0. The first-order valence-electron chi connectivity index (χ1n) is 9.90. The molecule has 1 fully saturated rings.